The average molecular weight is 271 g/mol. The van der Waals surface area contributed by atoms with Gasteiger partial charge in [0.1, 0.15) is 0 Å². The van der Waals surface area contributed by atoms with Crippen molar-refractivity contribution in [2.75, 3.05) is 0 Å². The largest absolute Gasteiger partial charge is 0.347 e. The number of nitrogens with one attached hydrogen (secondary N) is 2. The lowest BCUT2D eigenvalue weighted by Gasteiger charge is -2.01. The molecular weight excluding hydrogens is 258 g/mol. The van der Waals surface area contributed by atoms with Crippen molar-refractivity contribution >= 4 is 28.1 Å². The smallest absolute Gasteiger partial charge is 0.272 e. The summed E-state index contributed by atoms with van der Waals surface area (Å²) in [5.74, 6) is -0.150. The number of benzene rings is 1. The van der Waals surface area contributed by atoms with Gasteiger partial charge < -0.3 is 5.32 Å². The number of H-pyrrole nitrogens is 1. The van der Waals surface area contributed by atoms with E-state index in [1.54, 1.807) is 11.3 Å². The maximum Gasteiger partial charge on any atom is 0.272 e. The summed E-state index contributed by atoms with van der Waals surface area (Å²) in [6.07, 6.45) is 0. The topological polar surface area (TPSA) is 57.8 Å². The highest BCUT2D eigenvalue weighted by Gasteiger charge is 2.13. The van der Waals surface area contributed by atoms with Gasteiger partial charge in [0.15, 0.2) is 5.69 Å². The number of thiophene rings is 1. The van der Waals surface area contributed by atoms with Gasteiger partial charge in [-0.3, -0.25) is 9.89 Å². The summed E-state index contributed by atoms with van der Waals surface area (Å²) < 4.78 is 0. The summed E-state index contributed by atoms with van der Waals surface area (Å²) >= 11 is 1.62. The number of aryl methyl sites for hydroxylation is 1. The number of aromatic amines is 1. The zero-order valence-electron chi connectivity index (χ0n) is 10.4. The second-order valence-electron chi connectivity index (χ2n) is 4.44. The molecule has 4 nitrogen and oxygen atoms in total. The third kappa shape index (κ3) is 2.37. The Bertz CT molecular complexity index is 715. The summed E-state index contributed by atoms with van der Waals surface area (Å²) in [7, 11) is 0. The van der Waals surface area contributed by atoms with Gasteiger partial charge in [-0.1, -0.05) is 11.6 Å². The lowest BCUT2D eigenvalue weighted by molar-refractivity contribution is 0.0947. The molecule has 0 aliphatic heterocycles. The first-order chi connectivity index (χ1) is 9.24. The molecule has 3 rings (SSSR count). The molecule has 5 heteroatoms. The Hall–Kier alpha value is -2.14. The molecule has 0 fully saturated rings. The highest BCUT2D eigenvalue weighted by atomic mass is 32.1. The number of hydrogen-bond acceptors (Lipinski definition) is 3. The maximum absolute atomic E-state index is 12.1. The molecule has 0 atom stereocenters. The van der Waals surface area contributed by atoms with Crippen LogP contribution in [0.1, 0.15) is 21.6 Å². The molecule has 96 valence electrons. The van der Waals surface area contributed by atoms with E-state index in [1.807, 2.05) is 41.9 Å². The Balaban J connectivity index is 1.83. The minimum absolute atomic E-state index is 0.150. The molecule has 2 aromatic heterocycles. The number of carbonyl (C=O) groups is 1. The predicted molar refractivity (Wildman–Crippen MR) is 76.3 cm³/mol. The average Bonchev–Trinajstić information content (AvgIpc) is 3.04. The Kier molecular flexibility index (Phi) is 3.05. The van der Waals surface area contributed by atoms with Crippen LogP contribution in [0.25, 0.3) is 10.9 Å². The monoisotopic (exact) mass is 271 g/mol. The molecule has 0 spiro atoms. The molecule has 1 amide bonds. The molecule has 0 saturated heterocycles. The molecule has 0 saturated carbocycles. The highest BCUT2D eigenvalue weighted by molar-refractivity contribution is 7.07. The van der Waals surface area contributed by atoms with E-state index in [9.17, 15) is 4.79 Å². The van der Waals surface area contributed by atoms with E-state index in [-0.39, 0.29) is 5.91 Å². The van der Waals surface area contributed by atoms with Gasteiger partial charge in [0, 0.05) is 11.9 Å². The van der Waals surface area contributed by atoms with Gasteiger partial charge in [0.25, 0.3) is 5.91 Å². The Morgan fingerprint density at radius 2 is 2.32 bits per heavy atom. The molecule has 0 aliphatic carbocycles. The van der Waals surface area contributed by atoms with Crippen LogP contribution in [0.5, 0.6) is 0 Å². The molecule has 2 heterocycles. The van der Waals surface area contributed by atoms with E-state index in [2.05, 4.69) is 15.5 Å². The van der Waals surface area contributed by atoms with Gasteiger partial charge in [-0.15, -0.1) is 0 Å². The van der Waals surface area contributed by atoms with E-state index < -0.39 is 0 Å². The zero-order chi connectivity index (χ0) is 13.2. The normalized spacial score (nSPS) is 10.8. The van der Waals surface area contributed by atoms with Gasteiger partial charge in [-0.05, 0) is 41.4 Å². The fraction of sp³-hybridized carbons (Fsp3) is 0.143. The SMILES string of the molecule is Cc1ccc2[nH]nc(C(=O)NCc3ccsc3)c2c1. The van der Waals surface area contributed by atoms with Crippen molar-refractivity contribution in [3.63, 3.8) is 0 Å². The van der Waals surface area contributed by atoms with Gasteiger partial charge in [0.05, 0.1) is 5.52 Å². The van der Waals surface area contributed by atoms with Gasteiger partial charge in [-0.2, -0.15) is 16.4 Å². The van der Waals surface area contributed by atoms with Crippen molar-refractivity contribution in [3.8, 4) is 0 Å². The molecule has 0 aliphatic rings. The Labute approximate surface area is 114 Å². The van der Waals surface area contributed by atoms with Crippen molar-refractivity contribution in [1.29, 1.82) is 0 Å². The third-order valence-corrected chi connectivity index (χ3v) is 3.70. The lowest BCUT2D eigenvalue weighted by atomic mass is 10.1. The first-order valence-corrected chi connectivity index (χ1v) is 6.92. The second-order valence-corrected chi connectivity index (χ2v) is 5.22. The highest BCUT2D eigenvalue weighted by Crippen LogP contribution is 2.17. The van der Waals surface area contributed by atoms with Crippen LogP contribution in [0.15, 0.2) is 35.0 Å². The number of aromatic nitrogens is 2. The zero-order valence-corrected chi connectivity index (χ0v) is 11.3. The van der Waals surface area contributed by atoms with Crippen LogP contribution in [0.2, 0.25) is 0 Å². The van der Waals surface area contributed by atoms with Crippen molar-refractivity contribution in [2.45, 2.75) is 13.5 Å². The van der Waals surface area contributed by atoms with Crippen LogP contribution in [0.3, 0.4) is 0 Å². The van der Waals surface area contributed by atoms with E-state index in [4.69, 9.17) is 0 Å². The Morgan fingerprint density at radius 1 is 1.42 bits per heavy atom. The minimum atomic E-state index is -0.150. The van der Waals surface area contributed by atoms with Gasteiger partial charge >= 0.3 is 0 Å². The van der Waals surface area contributed by atoms with Crippen molar-refractivity contribution in [2.24, 2.45) is 0 Å². The van der Waals surface area contributed by atoms with Gasteiger partial charge in [0.2, 0.25) is 0 Å². The minimum Gasteiger partial charge on any atom is -0.347 e. The Morgan fingerprint density at radius 3 is 3.11 bits per heavy atom. The summed E-state index contributed by atoms with van der Waals surface area (Å²) in [5.41, 5.74) is 3.55. The summed E-state index contributed by atoms with van der Waals surface area (Å²) in [6.45, 7) is 2.53. The van der Waals surface area contributed by atoms with Gasteiger partial charge in [-0.25, -0.2) is 0 Å². The quantitative estimate of drug-likeness (QED) is 0.769. The van der Waals surface area contributed by atoms with Crippen LogP contribution in [-0.4, -0.2) is 16.1 Å². The summed E-state index contributed by atoms with van der Waals surface area (Å²) in [5, 5.41) is 14.7. The van der Waals surface area contributed by atoms with Crippen LogP contribution in [0.4, 0.5) is 0 Å². The molecule has 1 aromatic carbocycles. The van der Waals surface area contributed by atoms with Crippen LogP contribution in [-0.2, 0) is 6.54 Å². The van der Waals surface area contributed by atoms with Crippen molar-refractivity contribution in [3.05, 3.63) is 51.8 Å². The molecule has 19 heavy (non-hydrogen) atoms. The first kappa shape index (κ1) is 11.9. The lowest BCUT2D eigenvalue weighted by Crippen LogP contribution is -2.23. The number of fused-ring (bicyclic) bond motifs is 1. The molecule has 2 N–H and O–H groups in total. The number of carbonyl (C=O) groups excluding carboxylic acids is 1. The van der Waals surface area contributed by atoms with Crippen LogP contribution in [0, 0.1) is 6.92 Å². The summed E-state index contributed by atoms with van der Waals surface area (Å²) in [6, 6.07) is 7.90. The second kappa shape index (κ2) is 4.85. The fourth-order valence-electron chi connectivity index (χ4n) is 1.96. The number of rotatable bonds is 3. The van der Waals surface area contributed by atoms with E-state index in [0.29, 0.717) is 12.2 Å². The third-order valence-electron chi connectivity index (χ3n) is 2.97. The molecule has 0 bridgehead atoms. The molecular formula is C14H13N3OS. The number of nitrogens with zero attached hydrogens (tertiary/aromatic N) is 1. The van der Waals surface area contributed by atoms with E-state index in [0.717, 1.165) is 22.0 Å². The summed E-state index contributed by atoms with van der Waals surface area (Å²) in [4.78, 5) is 12.1. The molecule has 0 unspecified atom stereocenters. The maximum atomic E-state index is 12.1. The van der Waals surface area contributed by atoms with E-state index >= 15 is 0 Å². The predicted octanol–water partition coefficient (Wildman–Crippen LogP) is 2.86. The molecule has 3 aromatic rings. The first-order valence-electron chi connectivity index (χ1n) is 5.98. The van der Waals surface area contributed by atoms with Crippen molar-refractivity contribution < 1.29 is 4.79 Å². The molecule has 0 radical (unpaired) electrons. The van der Waals surface area contributed by atoms with E-state index in [1.165, 1.54) is 0 Å². The standard InChI is InChI=1S/C14H13N3OS/c1-9-2-3-12-11(6-9)13(17-16-12)14(18)15-7-10-4-5-19-8-10/h2-6,8H,7H2,1H3,(H,15,18)(H,16,17). The number of hydrogen-bond donors (Lipinski definition) is 2. The van der Waals surface area contributed by atoms with Crippen molar-refractivity contribution in [1.82, 2.24) is 15.5 Å². The fourth-order valence-corrected chi connectivity index (χ4v) is 2.63. The van der Waals surface area contributed by atoms with Crippen LogP contribution >= 0.6 is 11.3 Å². The number of amides is 1. The van der Waals surface area contributed by atoms with Crippen LogP contribution < -0.4 is 5.32 Å².